The largest absolute Gasteiger partial charge is 0.490 e. The number of carbonyl (C=O) groups is 1. The molecule has 0 heterocycles. The maximum atomic E-state index is 12.5. The minimum absolute atomic E-state index is 0.0181. The predicted octanol–water partition coefficient (Wildman–Crippen LogP) is 5.03. The third-order valence-electron chi connectivity index (χ3n) is 4.09. The molecule has 0 aromatic heterocycles. The van der Waals surface area contributed by atoms with E-state index in [9.17, 15) is 13.6 Å². The number of alkyl halides is 2. The van der Waals surface area contributed by atoms with E-state index in [2.05, 4.69) is 10.1 Å². The van der Waals surface area contributed by atoms with E-state index in [4.69, 9.17) is 16.3 Å². The molecule has 0 bridgehead atoms. The number of nitrogens with one attached hydrogen (secondary N) is 1. The van der Waals surface area contributed by atoms with Gasteiger partial charge in [-0.2, -0.15) is 8.78 Å². The van der Waals surface area contributed by atoms with Crippen LogP contribution in [0.1, 0.15) is 23.6 Å². The molecule has 0 atom stereocenters. The zero-order chi connectivity index (χ0) is 21.6. The number of halogens is 3. The second-order valence-corrected chi connectivity index (χ2v) is 7.16. The van der Waals surface area contributed by atoms with Crippen molar-refractivity contribution >= 4 is 23.2 Å². The highest BCUT2D eigenvalue weighted by Gasteiger charge is 2.15. The molecule has 2 rings (SSSR count). The van der Waals surface area contributed by atoms with Gasteiger partial charge in [0, 0.05) is 6.54 Å². The minimum atomic E-state index is -2.93. The van der Waals surface area contributed by atoms with Gasteiger partial charge in [0.05, 0.1) is 23.9 Å². The summed E-state index contributed by atoms with van der Waals surface area (Å²) >= 11 is 6.24. The molecule has 29 heavy (non-hydrogen) atoms. The van der Waals surface area contributed by atoms with Crippen molar-refractivity contribution in [2.75, 3.05) is 25.5 Å². The SMILES string of the molecule is CCOc1cc(CN(C)CC(=O)Nc2c(C)cc(C)cc2Cl)ccc1OC(F)F. The lowest BCUT2D eigenvalue weighted by molar-refractivity contribution is -0.117. The molecule has 0 saturated heterocycles. The average Bonchev–Trinajstić information content (AvgIpc) is 2.60. The maximum Gasteiger partial charge on any atom is 0.387 e. The van der Waals surface area contributed by atoms with Crippen LogP contribution in [0.5, 0.6) is 11.5 Å². The molecule has 8 heteroatoms. The summed E-state index contributed by atoms with van der Waals surface area (Å²) in [6.45, 7) is 3.52. The fourth-order valence-electron chi connectivity index (χ4n) is 2.98. The van der Waals surface area contributed by atoms with E-state index >= 15 is 0 Å². The van der Waals surface area contributed by atoms with E-state index in [-0.39, 0.29) is 24.0 Å². The Balaban J connectivity index is 2.02. The van der Waals surface area contributed by atoms with E-state index in [0.29, 0.717) is 23.9 Å². The second-order valence-electron chi connectivity index (χ2n) is 6.75. The molecule has 2 aromatic carbocycles. The molecule has 2 aromatic rings. The molecular formula is C21H25ClF2N2O3. The monoisotopic (exact) mass is 426 g/mol. The van der Waals surface area contributed by atoms with Crippen LogP contribution in [0.3, 0.4) is 0 Å². The molecule has 0 saturated carbocycles. The van der Waals surface area contributed by atoms with Gasteiger partial charge in [0.2, 0.25) is 5.91 Å². The Morgan fingerprint density at radius 1 is 1.21 bits per heavy atom. The van der Waals surface area contributed by atoms with Crippen LogP contribution in [0.25, 0.3) is 0 Å². The Morgan fingerprint density at radius 2 is 1.93 bits per heavy atom. The van der Waals surface area contributed by atoms with Crippen molar-refractivity contribution in [3.8, 4) is 11.5 Å². The van der Waals surface area contributed by atoms with Gasteiger partial charge in [0.1, 0.15) is 0 Å². The number of benzene rings is 2. The Hall–Kier alpha value is -2.38. The summed E-state index contributed by atoms with van der Waals surface area (Å²) in [7, 11) is 1.78. The summed E-state index contributed by atoms with van der Waals surface area (Å²) in [6, 6.07) is 8.48. The quantitative estimate of drug-likeness (QED) is 0.611. The number of hydrogen-bond donors (Lipinski definition) is 1. The Bertz CT molecular complexity index is 839. The van der Waals surface area contributed by atoms with Gasteiger partial charge in [-0.15, -0.1) is 0 Å². The normalized spacial score (nSPS) is 11.1. The van der Waals surface area contributed by atoms with E-state index < -0.39 is 6.61 Å². The smallest absolute Gasteiger partial charge is 0.387 e. The first-order valence-electron chi connectivity index (χ1n) is 9.15. The number of anilines is 1. The van der Waals surface area contributed by atoms with Crippen molar-refractivity contribution in [1.82, 2.24) is 4.90 Å². The Morgan fingerprint density at radius 3 is 2.55 bits per heavy atom. The van der Waals surface area contributed by atoms with Crippen LogP contribution in [-0.2, 0) is 11.3 Å². The van der Waals surface area contributed by atoms with Gasteiger partial charge in [-0.25, -0.2) is 0 Å². The number of hydrogen-bond acceptors (Lipinski definition) is 4. The van der Waals surface area contributed by atoms with Crippen molar-refractivity contribution in [3.05, 3.63) is 52.0 Å². The summed E-state index contributed by atoms with van der Waals surface area (Å²) in [4.78, 5) is 14.2. The van der Waals surface area contributed by atoms with E-state index in [0.717, 1.165) is 16.7 Å². The van der Waals surface area contributed by atoms with Gasteiger partial charge in [-0.3, -0.25) is 9.69 Å². The lowest BCUT2D eigenvalue weighted by Crippen LogP contribution is -2.30. The van der Waals surface area contributed by atoms with E-state index in [1.807, 2.05) is 19.9 Å². The number of amides is 1. The second kappa shape index (κ2) is 10.4. The number of carbonyl (C=O) groups excluding carboxylic acids is 1. The number of rotatable bonds is 9. The Labute approximate surface area is 174 Å². The topological polar surface area (TPSA) is 50.8 Å². The summed E-state index contributed by atoms with van der Waals surface area (Å²) < 4.78 is 34.9. The summed E-state index contributed by atoms with van der Waals surface area (Å²) in [5.74, 6) is 0.0183. The summed E-state index contributed by atoms with van der Waals surface area (Å²) in [6.07, 6.45) is 0. The summed E-state index contributed by atoms with van der Waals surface area (Å²) in [5, 5.41) is 3.34. The molecule has 1 N–H and O–H groups in total. The first-order valence-corrected chi connectivity index (χ1v) is 9.53. The first-order chi connectivity index (χ1) is 13.7. The first kappa shape index (κ1) is 22.9. The molecule has 0 aliphatic carbocycles. The van der Waals surface area contributed by atoms with Gasteiger partial charge in [0.25, 0.3) is 0 Å². The standard InChI is InChI=1S/C21H25ClF2N2O3/c1-5-28-18-10-15(6-7-17(18)29-21(23)24)11-26(4)12-19(27)25-20-14(3)8-13(2)9-16(20)22/h6-10,21H,5,11-12H2,1-4H3,(H,25,27). The van der Waals surface area contributed by atoms with E-state index in [1.165, 1.54) is 6.07 Å². The molecule has 0 aliphatic heterocycles. The number of likely N-dealkylation sites (N-methyl/N-ethyl adjacent to an activating group) is 1. The van der Waals surface area contributed by atoms with Gasteiger partial charge in [0.15, 0.2) is 11.5 Å². The molecule has 0 radical (unpaired) electrons. The van der Waals surface area contributed by atoms with Crippen molar-refractivity contribution in [2.45, 2.75) is 33.9 Å². The average molecular weight is 427 g/mol. The highest BCUT2D eigenvalue weighted by atomic mass is 35.5. The lowest BCUT2D eigenvalue weighted by Gasteiger charge is -2.19. The highest BCUT2D eigenvalue weighted by molar-refractivity contribution is 6.34. The lowest BCUT2D eigenvalue weighted by atomic mass is 10.1. The van der Waals surface area contributed by atoms with Crippen LogP contribution in [-0.4, -0.2) is 37.6 Å². The Kier molecular flexibility index (Phi) is 8.22. The number of ether oxygens (including phenoxy) is 2. The number of aryl methyl sites for hydroxylation is 2. The molecule has 0 unspecified atom stereocenters. The highest BCUT2D eigenvalue weighted by Crippen LogP contribution is 2.30. The van der Waals surface area contributed by atoms with E-state index in [1.54, 1.807) is 37.1 Å². The van der Waals surface area contributed by atoms with Gasteiger partial charge >= 0.3 is 6.61 Å². The predicted molar refractivity (Wildman–Crippen MR) is 110 cm³/mol. The van der Waals surface area contributed by atoms with Crippen molar-refractivity contribution in [3.63, 3.8) is 0 Å². The van der Waals surface area contributed by atoms with Crippen LogP contribution < -0.4 is 14.8 Å². The zero-order valence-electron chi connectivity index (χ0n) is 16.9. The third-order valence-corrected chi connectivity index (χ3v) is 4.38. The molecule has 158 valence electrons. The fraction of sp³-hybridized carbons (Fsp3) is 0.381. The molecular weight excluding hydrogens is 402 g/mol. The molecule has 0 fully saturated rings. The van der Waals surface area contributed by atoms with Crippen LogP contribution in [0.4, 0.5) is 14.5 Å². The minimum Gasteiger partial charge on any atom is -0.490 e. The zero-order valence-corrected chi connectivity index (χ0v) is 17.6. The van der Waals surface area contributed by atoms with Gasteiger partial charge in [-0.1, -0.05) is 23.7 Å². The maximum absolute atomic E-state index is 12.5. The van der Waals surface area contributed by atoms with Crippen LogP contribution >= 0.6 is 11.6 Å². The van der Waals surface area contributed by atoms with Gasteiger partial charge < -0.3 is 14.8 Å². The number of nitrogens with zero attached hydrogens (tertiary/aromatic N) is 1. The third kappa shape index (κ3) is 6.87. The summed E-state index contributed by atoms with van der Waals surface area (Å²) in [5.41, 5.74) is 3.31. The molecule has 0 spiro atoms. The van der Waals surface area contributed by atoms with Crippen LogP contribution in [0.2, 0.25) is 5.02 Å². The van der Waals surface area contributed by atoms with Crippen molar-refractivity contribution < 1.29 is 23.0 Å². The van der Waals surface area contributed by atoms with Crippen molar-refractivity contribution in [1.29, 1.82) is 0 Å². The van der Waals surface area contributed by atoms with Crippen molar-refractivity contribution in [2.24, 2.45) is 0 Å². The molecule has 1 amide bonds. The van der Waals surface area contributed by atoms with Crippen LogP contribution in [0, 0.1) is 13.8 Å². The molecule has 0 aliphatic rings. The van der Waals surface area contributed by atoms with Crippen LogP contribution in [0.15, 0.2) is 30.3 Å². The fourth-order valence-corrected chi connectivity index (χ4v) is 3.35. The molecule has 5 nitrogen and oxygen atoms in total. The van der Waals surface area contributed by atoms with Gasteiger partial charge in [-0.05, 0) is 62.7 Å².